The van der Waals surface area contributed by atoms with Crippen molar-refractivity contribution in [3.63, 3.8) is 0 Å². The maximum atomic E-state index is 11.6. The molecule has 0 saturated carbocycles. The number of carbonyl (C=O) groups is 1. The second-order valence-corrected chi connectivity index (χ2v) is 7.13. The van der Waals surface area contributed by atoms with Gasteiger partial charge in [-0.1, -0.05) is 104 Å². The van der Waals surface area contributed by atoms with Gasteiger partial charge in [-0.05, 0) is 19.8 Å². The fourth-order valence-corrected chi connectivity index (χ4v) is 3.23. The molecule has 0 aliphatic rings. The highest BCUT2D eigenvalue weighted by atomic mass is 16.1. The second-order valence-electron chi connectivity index (χ2n) is 7.13. The Morgan fingerprint density at radius 2 is 0.955 bits per heavy atom. The van der Waals surface area contributed by atoms with Gasteiger partial charge in [-0.25, -0.2) is 0 Å². The summed E-state index contributed by atoms with van der Waals surface area (Å²) in [5.41, 5.74) is 0. The van der Waals surface area contributed by atoms with Gasteiger partial charge in [0.15, 0.2) is 0 Å². The van der Waals surface area contributed by atoms with Crippen LogP contribution < -0.4 is 0 Å². The Balaban J connectivity index is 3.29. The van der Waals surface area contributed by atoms with Crippen LogP contribution in [-0.2, 0) is 4.79 Å². The summed E-state index contributed by atoms with van der Waals surface area (Å²) in [7, 11) is 0. The first-order chi connectivity index (χ1) is 10.7. The van der Waals surface area contributed by atoms with Gasteiger partial charge in [-0.2, -0.15) is 0 Å². The average Bonchev–Trinajstić information content (AvgIpc) is 2.51. The molecule has 0 N–H and O–H groups in total. The van der Waals surface area contributed by atoms with Gasteiger partial charge in [-0.15, -0.1) is 0 Å². The second kappa shape index (κ2) is 17.0. The van der Waals surface area contributed by atoms with Gasteiger partial charge in [-0.3, -0.25) is 4.79 Å². The van der Waals surface area contributed by atoms with Crippen molar-refractivity contribution in [1.29, 1.82) is 0 Å². The van der Waals surface area contributed by atoms with Gasteiger partial charge in [0.25, 0.3) is 0 Å². The highest BCUT2D eigenvalue weighted by Gasteiger charge is 2.12. The normalized spacial score (nSPS) is 12.5. The third-order valence-electron chi connectivity index (χ3n) is 4.89. The van der Waals surface area contributed by atoms with E-state index < -0.39 is 0 Å². The minimum absolute atomic E-state index is 0.350. The summed E-state index contributed by atoms with van der Waals surface area (Å²) in [4.78, 5) is 11.6. The summed E-state index contributed by atoms with van der Waals surface area (Å²) < 4.78 is 0. The van der Waals surface area contributed by atoms with Crippen LogP contribution in [0.4, 0.5) is 0 Å². The molecule has 0 aromatic carbocycles. The fourth-order valence-electron chi connectivity index (χ4n) is 3.23. The molecule has 1 nitrogen and oxygen atoms in total. The highest BCUT2D eigenvalue weighted by molar-refractivity contribution is 5.78. The van der Waals surface area contributed by atoms with Crippen LogP contribution in [0.1, 0.15) is 124 Å². The first kappa shape index (κ1) is 21.7. The number of rotatable bonds is 17. The zero-order valence-corrected chi connectivity index (χ0v) is 15.8. The van der Waals surface area contributed by atoms with Crippen LogP contribution in [0.15, 0.2) is 0 Å². The van der Waals surface area contributed by atoms with E-state index in [1.807, 2.05) is 0 Å². The average molecular weight is 311 g/mol. The maximum absolute atomic E-state index is 11.6. The predicted molar refractivity (Wildman–Crippen MR) is 99.4 cm³/mol. The van der Waals surface area contributed by atoms with E-state index in [1.54, 1.807) is 6.92 Å². The van der Waals surface area contributed by atoms with Crippen LogP contribution in [0.25, 0.3) is 0 Å². The van der Waals surface area contributed by atoms with Crippen molar-refractivity contribution in [2.24, 2.45) is 5.92 Å². The predicted octanol–water partition coefficient (Wildman–Crippen LogP) is 7.47. The molecule has 0 fully saturated rings. The van der Waals surface area contributed by atoms with E-state index in [2.05, 4.69) is 13.8 Å². The molecule has 0 aliphatic carbocycles. The van der Waals surface area contributed by atoms with Crippen molar-refractivity contribution in [2.75, 3.05) is 0 Å². The SMILES string of the molecule is CCCCCCCCCCCCCCC(CCCC)C(C)=O. The van der Waals surface area contributed by atoms with Gasteiger partial charge >= 0.3 is 0 Å². The zero-order chi connectivity index (χ0) is 16.5. The number of Topliss-reactive ketones (excluding diaryl/α,β-unsaturated/α-hetero) is 1. The summed E-state index contributed by atoms with van der Waals surface area (Å²) in [5.74, 6) is 0.764. The number of hydrogen-bond acceptors (Lipinski definition) is 1. The van der Waals surface area contributed by atoms with E-state index in [9.17, 15) is 4.79 Å². The Labute approximate surface area is 140 Å². The summed E-state index contributed by atoms with van der Waals surface area (Å²) in [5, 5.41) is 0. The molecular formula is C21H42O. The van der Waals surface area contributed by atoms with E-state index in [1.165, 1.54) is 89.9 Å². The molecule has 0 rings (SSSR count). The van der Waals surface area contributed by atoms with E-state index in [0.29, 0.717) is 11.7 Å². The number of carbonyl (C=O) groups excluding carboxylic acids is 1. The molecule has 0 heterocycles. The van der Waals surface area contributed by atoms with E-state index in [-0.39, 0.29) is 0 Å². The molecule has 0 saturated heterocycles. The molecular weight excluding hydrogens is 268 g/mol. The first-order valence-electron chi connectivity index (χ1n) is 10.2. The summed E-state index contributed by atoms with van der Waals surface area (Å²) in [6, 6.07) is 0. The molecule has 1 heteroatoms. The third-order valence-corrected chi connectivity index (χ3v) is 4.89. The molecule has 0 bridgehead atoms. The monoisotopic (exact) mass is 310 g/mol. The van der Waals surface area contributed by atoms with E-state index in [0.717, 1.165) is 12.8 Å². The van der Waals surface area contributed by atoms with E-state index in [4.69, 9.17) is 0 Å². The number of unbranched alkanes of at least 4 members (excludes halogenated alkanes) is 12. The van der Waals surface area contributed by atoms with Crippen molar-refractivity contribution >= 4 is 5.78 Å². The molecule has 0 spiro atoms. The smallest absolute Gasteiger partial charge is 0.132 e. The quantitative estimate of drug-likeness (QED) is 0.255. The standard InChI is InChI=1S/C21H42O/c1-4-6-8-9-10-11-12-13-14-15-16-17-19-21(20(3)22)18-7-5-2/h21H,4-19H2,1-3H3. The van der Waals surface area contributed by atoms with Crippen molar-refractivity contribution < 1.29 is 4.79 Å². The topological polar surface area (TPSA) is 17.1 Å². The van der Waals surface area contributed by atoms with Crippen LogP contribution in [0, 0.1) is 5.92 Å². The molecule has 1 unspecified atom stereocenters. The molecule has 0 aromatic heterocycles. The van der Waals surface area contributed by atoms with Gasteiger partial charge in [0.05, 0.1) is 0 Å². The van der Waals surface area contributed by atoms with Crippen molar-refractivity contribution in [3.05, 3.63) is 0 Å². The van der Waals surface area contributed by atoms with Gasteiger partial charge in [0, 0.05) is 5.92 Å². The van der Waals surface area contributed by atoms with Gasteiger partial charge < -0.3 is 0 Å². The Kier molecular flexibility index (Phi) is 16.8. The number of hydrogen-bond donors (Lipinski definition) is 0. The Morgan fingerprint density at radius 3 is 1.36 bits per heavy atom. The zero-order valence-electron chi connectivity index (χ0n) is 15.8. The van der Waals surface area contributed by atoms with Crippen molar-refractivity contribution in [2.45, 2.75) is 124 Å². The molecule has 0 amide bonds. The molecule has 1 atom stereocenters. The van der Waals surface area contributed by atoms with Crippen molar-refractivity contribution in [3.8, 4) is 0 Å². The molecule has 0 radical (unpaired) electrons. The minimum Gasteiger partial charge on any atom is -0.300 e. The lowest BCUT2D eigenvalue weighted by Gasteiger charge is -2.12. The Morgan fingerprint density at radius 1 is 0.591 bits per heavy atom. The van der Waals surface area contributed by atoms with Crippen LogP contribution >= 0.6 is 0 Å². The lowest BCUT2D eigenvalue weighted by atomic mass is 9.92. The minimum atomic E-state index is 0.350. The van der Waals surface area contributed by atoms with Crippen LogP contribution in [-0.4, -0.2) is 5.78 Å². The molecule has 22 heavy (non-hydrogen) atoms. The van der Waals surface area contributed by atoms with E-state index >= 15 is 0 Å². The van der Waals surface area contributed by atoms with Crippen LogP contribution in [0.2, 0.25) is 0 Å². The van der Waals surface area contributed by atoms with Gasteiger partial charge in [0.1, 0.15) is 5.78 Å². The third kappa shape index (κ3) is 14.6. The largest absolute Gasteiger partial charge is 0.300 e. The first-order valence-corrected chi connectivity index (χ1v) is 10.2. The summed E-state index contributed by atoms with van der Waals surface area (Å²) >= 11 is 0. The fraction of sp³-hybridized carbons (Fsp3) is 0.952. The molecule has 132 valence electrons. The van der Waals surface area contributed by atoms with Crippen LogP contribution in [0.5, 0.6) is 0 Å². The Bertz CT molecular complexity index is 234. The summed E-state index contributed by atoms with van der Waals surface area (Å²) in [6.07, 6.45) is 21.4. The molecule has 0 aliphatic heterocycles. The lowest BCUT2D eigenvalue weighted by Crippen LogP contribution is -2.10. The summed E-state index contributed by atoms with van der Waals surface area (Å²) in [6.45, 7) is 6.27. The van der Waals surface area contributed by atoms with Crippen LogP contribution in [0.3, 0.4) is 0 Å². The maximum Gasteiger partial charge on any atom is 0.132 e. The van der Waals surface area contributed by atoms with Gasteiger partial charge in [0.2, 0.25) is 0 Å². The highest BCUT2D eigenvalue weighted by Crippen LogP contribution is 2.19. The lowest BCUT2D eigenvalue weighted by molar-refractivity contribution is -0.121. The number of ketones is 1. The Hall–Kier alpha value is -0.330. The molecule has 0 aromatic rings. The van der Waals surface area contributed by atoms with Crippen molar-refractivity contribution in [1.82, 2.24) is 0 Å².